The Kier molecular flexibility index (Phi) is 3.30. The lowest BCUT2D eigenvalue weighted by Gasteiger charge is -1.93. The SMILES string of the molecule is [N-]=[N+]=NC(=O)C1=C/C=C\C=C/C=C\1. The molecule has 0 aromatic rings. The molecule has 0 aromatic heterocycles. The molecule has 1 amide bonds. The topological polar surface area (TPSA) is 65.8 Å². The van der Waals surface area contributed by atoms with E-state index in [2.05, 4.69) is 10.0 Å². The van der Waals surface area contributed by atoms with E-state index in [0.717, 1.165) is 0 Å². The molecule has 4 nitrogen and oxygen atoms in total. The Morgan fingerprint density at radius 3 is 2.69 bits per heavy atom. The van der Waals surface area contributed by atoms with Crippen molar-refractivity contribution in [2.24, 2.45) is 5.11 Å². The highest BCUT2D eigenvalue weighted by molar-refractivity contribution is 5.97. The van der Waals surface area contributed by atoms with Crippen LogP contribution in [0.4, 0.5) is 0 Å². The zero-order valence-electron chi connectivity index (χ0n) is 6.79. The molecule has 0 N–H and O–H groups in total. The summed E-state index contributed by atoms with van der Waals surface area (Å²) in [5.41, 5.74) is 8.42. The van der Waals surface area contributed by atoms with Crippen molar-refractivity contribution in [3.8, 4) is 0 Å². The summed E-state index contributed by atoms with van der Waals surface area (Å²) in [6.07, 6.45) is 12.0. The Labute approximate surface area is 75.2 Å². The Hall–Kier alpha value is -2.06. The highest BCUT2D eigenvalue weighted by atomic mass is 16.1. The zero-order chi connectivity index (χ0) is 9.52. The van der Waals surface area contributed by atoms with Crippen LogP contribution in [0.15, 0.2) is 53.2 Å². The largest absolute Gasteiger partial charge is 0.287 e. The molecule has 0 unspecified atom stereocenters. The van der Waals surface area contributed by atoms with Gasteiger partial charge in [0.1, 0.15) is 0 Å². The summed E-state index contributed by atoms with van der Waals surface area (Å²) < 4.78 is 0. The van der Waals surface area contributed by atoms with E-state index < -0.39 is 5.91 Å². The lowest BCUT2D eigenvalue weighted by atomic mass is 10.2. The molecule has 13 heavy (non-hydrogen) atoms. The van der Waals surface area contributed by atoms with E-state index in [4.69, 9.17) is 5.53 Å². The van der Waals surface area contributed by atoms with Crippen molar-refractivity contribution in [2.75, 3.05) is 0 Å². The van der Waals surface area contributed by atoms with E-state index in [0.29, 0.717) is 5.57 Å². The predicted octanol–water partition coefficient (Wildman–Crippen LogP) is 2.43. The highest BCUT2D eigenvalue weighted by Gasteiger charge is 2.01. The van der Waals surface area contributed by atoms with Crippen LogP contribution in [0.3, 0.4) is 0 Å². The van der Waals surface area contributed by atoms with Gasteiger partial charge in [0, 0.05) is 10.5 Å². The summed E-state index contributed by atoms with van der Waals surface area (Å²) in [5.74, 6) is -0.571. The Balaban J connectivity index is 2.90. The van der Waals surface area contributed by atoms with E-state index in [1.807, 2.05) is 6.08 Å². The van der Waals surface area contributed by atoms with Gasteiger partial charge in [0.05, 0.1) is 0 Å². The molecule has 0 aromatic carbocycles. The fraction of sp³-hybridized carbons (Fsp3) is 0. The van der Waals surface area contributed by atoms with Gasteiger partial charge in [-0.15, -0.1) is 0 Å². The molecule has 1 aliphatic rings. The summed E-state index contributed by atoms with van der Waals surface area (Å²) >= 11 is 0. The van der Waals surface area contributed by atoms with Crippen LogP contribution in [0.1, 0.15) is 0 Å². The van der Waals surface area contributed by atoms with E-state index in [1.54, 1.807) is 36.5 Å². The maximum absolute atomic E-state index is 11.1. The average molecular weight is 173 g/mol. The summed E-state index contributed by atoms with van der Waals surface area (Å²) in [4.78, 5) is 13.5. The third kappa shape index (κ3) is 2.81. The molecular formula is C9H7N3O. The fourth-order valence-corrected chi connectivity index (χ4v) is 0.807. The zero-order valence-corrected chi connectivity index (χ0v) is 6.79. The summed E-state index contributed by atoms with van der Waals surface area (Å²) in [6, 6.07) is 0. The second-order valence-corrected chi connectivity index (χ2v) is 2.25. The molecule has 64 valence electrons. The number of nitrogens with zero attached hydrogens (tertiary/aromatic N) is 3. The smallest absolute Gasteiger partial charge is 0.249 e. The van der Waals surface area contributed by atoms with Crippen LogP contribution in [-0.2, 0) is 4.79 Å². The van der Waals surface area contributed by atoms with Crippen LogP contribution in [0.2, 0.25) is 0 Å². The lowest BCUT2D eigenvalue weighted by molar-refractivity contribution is -0.114. The molecule has 1 rings (SSSR count). The van der Waals surface area contributed by atoms with Crippen molar-refractivity contribution in [1.82, 2.24) is 0 Å². The number of azide groups is 1. The lowest BCUT2D eigenvalue weighted by Crippen LogP contribution is -1.94. The van der Waals surface area contributed by atoms with Crippen LogP contribution >= 0.6 is 0 Å². The van der Waals surface area contributed by atoms with Gasteiger partial charge in [-0.3, -0.25) is 4.79 Å². The second-order valence-electron chi connectivity index (χ2n) is 2.25. The van der Waals surface area contributed by atoms with E-state index in [-0.39, 0.29) is 0 Å². The molecule has 0 saturated carbocycles. The normalized spacial score (nSPS) is 25.4. The Morgan fingerprint density at radius 1 is 1.23 bits per heavy atom. The predicted molar refractivity (Wildman–Crippen MR) is 49.7 cm³/mol. The van der Waals surface area contributed by atoms with Crippen LogP contribution in [0.25, 0.3) is 10.4 Å². The van der Waals surface area contributed by atoms with Crippen LogP contribution < -0.4 is 0 Å². The molecule has 0 spiro atoms. The molecule has 0 saturated heterocycles. The second kappa shape index (κ2) is 4.74. The number of hydrogen-bond donors (Lipinski definition) is 0. The van der Waals surface area contributed by atoms with Gasteiger partial charge in [-0.2, -0.15) is 0 Å². The molecule has 0 radical (unpaired) electrons. The van der Waals surface area contributed by atoms with Crippen molar-refractivity contribution < 1.29 is 4.79 Å². The van der Waals surface area contributed by atoms with Gasteiger partial charge < -0.3 is 0 Å². The number of amides is 1. The number of carbonyl (C=O) groups is 1. The van der Waals surface area contributed by atoms with Crippen molar-refractivity contribution in [2.45, 2.75) is 0 Å². The minimum absolute atomic E-state index is 0.374. The molecule has 0 bridgehead atoms. The maximum atomic E-state index is 11.1. The van der Waals surface area contributed by atoms with Gasteiger partial charge in [0.25, 0.3) is 0 Å². The number of hydrogen-bond acceptors (Lipinski definition) is 1. The fourth-order valence-electron chi connectivity index (χ4n) is 0.807. The van der Waals surface area contributed by atoms with Gasteiger partial charge in [-0.1, -0.05) is 42.5 Å². The number of allylic oxidation sites excluding steroid dienone is 6. The van der Waals surface area contributed by atoms with Crippen molar-refractivity contribution in [3.05, 3.63) is 58.5 Å². The number of carbonyl (C=O) groups excluding carboxylic acids is 1. The van der Waals surface area contributed by atoms with E-state index in [9.17, 15) is 4.79 Å². The minimum atomic E-state index is -0.571. The average Bonchev–Trinajstić information content (AvgIpc) is 2.03. The van der Waals surface area contributed by atoms with E-state index >= 15 is 0 Å². The first-order valence-corrected chi connectivity index (χ1v) is 3.66. The standard InChI is InChI=1S/C9H7N3O/c10-12-11-9(13)8-6-4-2-1-3-5-7-8/h1-7H/b2-1-,3-1?,4-2?,5-3-,6-4-,7-5?,8-6?,8-7+. The van der Waals surface area contributed by atoms with Crippen LogP contribution in [0, 0.1) is 0 Å². The van der Waals surface area contributed by atoms with Crippen LogP contribution in [-0.4, -0.2) is 5.91 Å². The molecule has 0 heterocycles. The molecule has 0 atom stereocenters. The summed E-state index contributed by atoms with van der Waals surface area (Å²) in [6.45, 7) is 0. The molecule has 1 aliphatic carbocycles. The van der Waals surface area contributed by atoms with Gasteiger partial charge in [-0.25, -0.2) is 0 Å². The molecule has 0 aliphatic heterocycles. The first kappa shape index (κ1) is 9.03. The quantitative estimate of drug-likeness (QED) is 0.341. The van der Waals surface area contributed by atoms with Gasteiger partial charge in [0.15, 0.2) is 0 Å². The van der Waals surface area contributed by atoms with E-state index in [1.165, 1.54) is 0 Å². The van der Waals surface area contributed by atoms with Gasteiger partial charge in [-0.05, 0) is 10.6 Å². The van der Waals surface area contributed by atoms with Crippen LogP contribution in [0.5, 0.6) is 0 Å². The first-order valence-electron chi connectivity index (χ1n) is 3.66. The Morgan fingerprint density at radius 2 is 1.92 bits per heavy atom. The molecular weight excluding hydrogens is 166 g/mol. The maximum Gasteiger partial charge on any atom is 0.249 e. The summed E-state index contributed by atoms with van der Waals surface area (Å²) in [5, 5.41) is 2.98. The van der Waals surface area contributed by atoms with Crippen molar-refractivity contribution in [3.63, 3.8) is 0 Å². The summed E-state index contributed by atoms with van der Waals surface area (Å²) in [7, 11) is 0. The first-order chi connectivity index (χ1) is 6.34. The third-order valence-corrected chi connectivity index (χ3v) is 1.38. The monoisotopic (exact) mass is 173 g/mol. The highest BCUT2D eigenvalue weighted by Crippen LogP contribution is 2.03. The van der Waals surface area contributed by atoms with Gasteiger partial charge in [0.2, 0.25) is 5.91 Å². The van der Waals surface area contributed by atoms with Crippen molar-refractivity contribution in [1.29, 1.82) is 0 Å². The molecule has 4 heteroatoms. The van der Waals surface area contributed by atoms with Crippen molar-refractivity contribution >= 4 is 5.91 Å². The molecule has 0 fully saturated rings. The van der Waals surface area contributed by atoms with Gasteiger partial charge >= 0.3 is 0 Å². The Bertz CT molecular complexity index is 368. The third-order valence-electron chi connectivity index (χ3n) is 1.38. The number of rotatable bonds is 1. The minimum Gasteiger partial charge on any atom is -0.287 e.